The molecule has 0 unspecified atom stereocenters. The Morgan fingerprint density at radius 1 is 1.35 bits per heavy atom. The van der Waals surface area contributed by atoms with E-state index in [1.807, 2.05) is 0 Å². The number of thiazole rings is 1. The molecule has 6 nitrogen and oxygen atoms in total. The maximum Gasteiger partial charge on any atom is 0.286 e. The number of carbonyl (C=O) groups excluding carboxylic acids is 1. The number of halogens is 2. The minimum Gasteiger partial charge on any atom is -0.303 e. The van der Waals surface area contributed by atoms with Gasteiger partial charge in [-0.2, -0.15) is 4.99 Å². The minimum atomic E-state index is -0.739. The molecule has 1 heterocycles. The van der Waals surface area contributed by atoms with Gasteiger partial charge in [-0.05, 0) is 18.2 Å². The van der Waals surface area contributed by atoms with Crippen LogP contribution < -0.4 is 4.80 Å². The molecule has 0 saturated heterocycles. The van der Waals surface area contributed by atoms with E-state index in [1.54, 1.807) is 16.7 Å². The topological polar surface area (TPSA) is 77.5 Å². The fraction of sp³-hybridized carbons (Fsp3) is 0.0588. The lowest BCUT2D eigenvalue weighted by Crippen LogP contribution is -2.17. The molecule has 3 aromatic rings. The molecule has 9 heteroatoms. The summed E-state index contributed by atoms with van der Waals surface area (Å²) < 4.78 is 2.30. The molecular weight excluding hydrogens is 397 g/mol. The van der Waals surface area contributed by atoms with Gasteiger partial charge in [0.15, 0.2) is 4.80 Å². The van der Waals surface area contributed by atoms with Gasteiger partial charge in [0, 0.05) is 11.1 Å². The van der Waals surface area contributed by atoms with E-state index in [0.717, 1.165) is 0 Å². The van der Waals surface area contributed by atoms with E-state index in [9.17, 15) is 14.9 Å². The van der Waals surface area contributed by atoms with Crippen molar-refractivity contribution in [3.05, 3.63) is 66.9 Å². The van der Waals surface area contributed by atoms with Crippen molar-refractivity contribution < 1.29 is 9.72 Å². The number of fused-ring (bicyclic) bond motifs is 1. The predicted octanol–water partition coefficient (Wildman–Crippen LogP) is 4.29. The number of hydrogen-bond donors (Lipinski definition) is 0. The second kappa shape index (κ2) is 7.30. The Balaban J connectivity index is 2.24. The zero-order valence-electron chi connectivity index (χ0n) is 13.0. The standard InChI is InChI=1S/C17H9Cl2N3O3S/c1-2-7-21-15-12(19)8-10(18)9-14(15)26-17(21)20-16(23)11-5-3-4-6-13(11)22(24)25/h1,3-6,8-9H,7H2. The highest BCUT2D eigenvalue weighted by Crippen LogP contribution is 2.29. The van der Waals surface area contributed by atoms with Gasteiger partial charge in [0.1, 0.15) is 5.56 Å². The van der Waals surface area contributed by atoms with Crippen LogP contribution in [0.2, 0.25) is 10.0 Å². The van der Waals surface area contributed by atoms with Crippen LogP contribution in [0.15, 0.2) is 41.4 Å². The molecule has 130 valence electrons. The number of amides is 1. The van der Waals surface area contributed by atoms with Crippen molar-refractivity contribution in [1.29, 1.82) is 0 Å². The summed E-state index contributed by atoms with van der Waals surface area (Å²) in [5.74, 6) is 1.75. The van der Waals surface area contributed by atoms with Crippen molar-refractivity contribution in [2.45, 2.75) is 6.54 Å². The number of nitrogens with zero attached hydrogens (tertiary/aromatic N) is 3. The van der Waals surface area contributed by atoms with Gasteiger partial charge in [0.05, 0.1) is 26.7 Å². The Morgan fingerprint density at radius 3 is 2.77 bits per heavy atom. The highest BCUT2D eigenvalue weighted by molar-refractivity contribution is 7.16. The van der Waals surface area contributed by atoms with E-state index in [1.165, 1.54) is 35.6 Å². The zero-order chi connectivity index (χ0) is 18.8. The summed E-state index contributed by atoms with van der Waals surface area (Å²) in [6.07, 6.45) is 5.41. The fourth-order valence-electron chi connectivity index (χ4n) is 2.41. The summed E-state index contributed by atoms with van der Waals surface area (Å²) in [6, 6.07) is 8.88. The highest BCUT2D eigenvalue weighted by Gasteiger charge is 2.19. The molecule has 0 saturated carbocycles. The van der Waals surface area contributed by atoms with Crippen molar-refractivity contribution in [2.24, 2.45) is 4.99 Å². The first kappa shape index (κ1) is 18.1. The van der Waals surface area contributed by atoms with Gasteiger partial charge in [0.2, 0.25) is 0 Å². The van der Waals surface area contributed by atoms with Gasteiger partial charge in [-0.15, -0.1) is 6.42 Å². The van der Waals surface area contributed by atoms with E-state index in [2.05, 4.69) is 10.9 Å². The van der Waals surface area contributed by atoms with E-state index < -0.39 is 10.8 Å². The van der Waals surface area contributed by atoms with Crippen molar-refractivity contribution in [2.75, 3.05) is 0 Å². The summed E-state index contributed by atoms with van der Waals surface area (Å²) in [5.41, 5.74) is 0.186. The quantitative estimate of drug-likeness (QED) is 0.370. The number of nitro groups is 1. The smallest absolute Gasteiger partial charge is 0.286 e. The molecule has 0 radical (unpaired) electrons. The lowest BCUT2D eigenvalue weighted by molar-refractivity contribution is -0.385. The zero-order valence-corrected chi connectivity index (χ0v) is 15.3. The van der Waals surface area contributed by atoms with E-state index >= 15 is 0 Å². The average Bonchev–Trinajstić information content (AvgIpc) is 2.92. The molecule has 0 spiro atoms. The minimum absolute atomic E-state index is 0.105. The first-order valence-corrected chi connectivity index (χ1v) is 8.74. The van der Waals surface area contributed by atoms with Crippen molar-refractivity contribution in [3.63, 3.8) is 0 Å². The Bertz CT molecular complexity index is 1160. The number of carbonyl (C=O) groups is 1. The predicted molar refractivity (Wildman–Crippen MR) is 102 cm³/mol. The molecule has 0 atom stereocenters. The monoisotopic (exact) mass is 405 g/mol. The third-order valence-electron chi connectivity index (χ3n) is 3.47. The Hall–Kier alpha value is -2.66. The maximum atomic E-state index is 12.5. The Kier molecular flexibility index (Phi) is 5.09. The van der Waals surface area contributed by atoms with Crippen molar-refractivity contribution >= 4 is 56.3 Å². The van der Waals surface area contributed by atoms with Gasteiger partial charge in [-0.1, -0.05) is 52.6 Å². The van der Waals surface area contributed by atoms with Crippen LogP contribution in [0.25, 0.3) is 10.2 Å². The van der Waals surface area contributed by atoms with Crippen LogP contribution in [0.4, 0.5) is 5.69 Å². The first-order chi connectivity index (χ1) is 12.4. The summed E-state index contributed by atoms with van der Waals surface area (Å²) in [4.78, 5) is 27.4. The van der Waals surface area contributed by atoms with Crippen molar-refractivity contribution in [3.8, 4) is 12.3 Å². The van der Waals surface area contributed by atoms with Crippen LogP contribution in [0, 0.1) is 22.5 Å². The number of aromatic nitrogens is 1. The third-order valence-corrected chi connectivity index (χ3v) is 5.00. The van der Waals surface area contributed by atoms with Gasteiger partial charge >= 0.3 is 0 Å². The summed E-state index contributed by atoms with van der Waals surface area (Å²) >= 11 is 13.4. The average molecular weight is 406 g/mol. The SMILES string of the molecule is C#CCn1c(=NC(=O)c2ccccc2[N+](=O)[O-])sc2cc(Cl)cc(Cl)c21. The lowest BCUT2D eigenvalue weighted by Gasteiger charge is -2.02. The molecule has 2 aromatic carbocycles. The van der Waals surface area contributed by atoms with E-state index in [0.29, 0.717) is 20.3 Å². The molecule has 0 N–H and O–H groups in total. The van der Waals surface area contributed by atoms with Gasteiger partial charge in [-0.3, -0.25) is 14.9 Å². The lowest BCUT2D eigenvalue weighted by atomic mass is 10.2. The Labute approximate surface area is 161 Å². The number of benzene rings is 2. The molecule has 26 heavy (non-hydrogen) atoms. The van der Waals surface area contributed by atoms with Crippen LogP contribution >= 0.6 is 34.5 Å². The molecule has 0 bridgehead atoms. The second-order valence-electron chi connectivity index (χ2n) is 5.10. The number of hydrogen-bond acceptors (Lipinski definition) is 4. The second-order valence-corrected chi connectivity index (χ2v) is 6.95. The summed E-state index contributed by atoms with van der Waals surface area (Å²) in [7, 11) is 0. The highest BCUT2D eigenvalue weighted by atomic mass is 35.5. The molecule has 0 fully saturated rings. The van der Waals surface area contributed by atoms with E-state index in [-0.39, 0.29) is 22.6 Å². The molecule has 0 aliphatic heterocycles. The van der Waals surface area contributed by atoms with Crippen LogP contribution in [0.1, 0.15) is 10.4 Å². The number of rotatable bonds is 3. The van der Waals surface area contributed by atoms with Gasteiger partial charge < -0.3 is 4.57 Å². The number of terminal acetylenes is 1. The maximum absolute atomic E-state index is 12.5. The van der Waals surface area contributed by atoms with Crippen LogP contribution in [-0.2, 0) is 6.54 Å². The summed E-state index contributed by atoms with van der Waals surface area (Å²) in [6.45, 7) is 0.129. The third kappa shape index (κ3) is 3.35. The molecule has 0 aliphatic carbocycles. The molecular formula is C17H9Cl2N3O3S. The number of para-hydroxylation sites is 1. The van der Waals surface area contributed by atoms with Gasteiger partial charge in [-0.25, -0.2) is 0 Å². The number of nitro benzene ring substituents is 1. The molecule has 1 aromatic heterocycles. The largest absolute Gasteiger partial charge is 0.303 e. The Morgan fingerprint density at radius 2 is 2.08 bits per heavy atom. The fourth-order valence-corrected chi connectivity index (χ4v) is 4.22. The summed E-state index contributed by atoms with van der Waals surface area (Å²) in [5, 5.41) is 11.9. The normalized spacial score (nSPS) is 11.5. The van der Waals surface area contributed by atoms with Crippen LogP contribution in [0.3, 0.4) is 0 Å². The first-order valence-electron chi connectivity index (χ1n) is 7.16. The van der Waals surface area contributed by atoms with Gasteiger partial charge in [0.25, 0.3) is 11.6 Å². The van der Waals surface area contributed by atoms with Crippen LogP contribution in [-0.4, -0.2) is 15.4 Å². The molecule has 1 amide bonds. The van der Waals surface area contributed by atoms with Crippen molar-refractivity contribution in [1.82, 2.24) is 4.57 Å². The molecule has 0 aliphatic rings. The molecule has 3 rings (SSSR count). The van der Waals surface area contributed by atoms with Crippen LogP contribution in [0.5, 0.6) is 0 Å². The van der Waals surface area contributed by atoms with E-state index in [4.69, 9.17) is 29.6 Å².